The van der Waals surface area contributed by atoms with E-state index in [4.69, 9.17) is 10.8 Å². The predicted octanol–water partition coefficient (Wildman–Crippen LogP) is 2.05. The van der Waals surface area contributed by atoms with Gasteiger partial charge in [-0.05, 0) is 35.4 Å². The monoisotopic (exact) mass is 245 g/mol. The van der Waals surface area contributed by atoms with Crippen LogP contribution in [0.2, 0.25) is 0 Å². The fourth-order valence-corrected chi connectivity index (χ4v) is 1.64. The number of nitrogen functional groups attached to an aromatic ring is 1. The number of phenols is 2. The molecule has 0 saturated carbocycles. The maximum Gasteiger partial charge on any atom is 0.337 e. The molecule has 0 radical (unpaired) electrons. The summed E-state index contributed by atoms with van der Waals surface area (Å²) in [6, 6.07) is 8.83. The van der Waals surface area contributed by atoms with Crippen LogP contribution in [0.3, 0.4) is 0 Å². The molecule has 0 aliphatic carbocycles. The van der Waals surface area contributed by atoms with E-state index in [2.05, 4.69) is 0 Å². The van der Waals surface area contributed by atoms with Crippen molar-refractivity contribution >= 4 is 11.7 Å². The van der Waals surface area contributed by atoms with Crippen molar-refractivity contribution in [1.82, 2.24) is 0 Å². The lowest BCUT2D eigenvalue weighted by Crippen LogP contribution is -2.02. The molecule has 0 unspecified atom stereocenters. The zero-order valence-corrected chi connectivity index (χ0v) is 9.29. The first-order chi connectivity index (χ1) is 8.49. The van der Waals surface area contributed by atoms with Crippen LogP contribution in [0.5, 0.6) is 11.5 Å². The molecule has 2 aromatic rings. The van der Waals surface area contributed by atoms with Gasteiger partial charge in [0, 0.05) is 5.69 Å². The molecule has 5 N–H and O–H groups in total. The summed E-state index contributed by atoms with van der Waals surface area (Å²) < 4.78 is 0. The zero-order chi connectivity index (χ0) is 13.3. The Morgan fingerprint density at radius 1 is 0.944 bits per heavy atom. The first-order valence-corrected chi connectivity index (χ1v) is 5.14. The third-order valence-corrected chi connectivity index (χ3v) is 2.59. The Kier molecular flexibility index (Phi) is 2.81. The molecular formula is C13H11NO4. The first kappa shape index (κ1) is 11.8. The van der Waals surface area contributed by atoms with Crippen molar-refractivity contribution in [2.24, 2.45) is 0 Å². The normalized spacial score (nSPS) is 10.2. The van der Waals surface area contributed by atoms with E-state index in [9.17, 15) is 15.0 Å². The second kappa shape index (κ2) is 4.29. The minimum absolute atomic E-state index is 0.0294. The van der Waals surface area contributed by atoms with Gasteiger partial charge in [-0.1, -0.05) is 12.1 Å². The van der Waals surface area contributed by atoms with Gasteiger partial charge in [0.05, 0.1) is 5.56 Å². The van der Waals surface area contributed by atoms with Gasteiger partial charge in [-0.3, -0.25) is 0 Å². The van der Waals surface area contributed by atoms with Crippen LogP contribution in [0.1, 0.15) is 10.4 Å². The lowest BCUT2D eigenvalue weighted by molar-refractivity contribution is 0.0698. The Morgan fingerprint density at radius 3 is 2.11 bits per heavy atom. The second-order valence-corrected chi connectivity index (χ2v) is 3.81. The van der Waals surface area contributed by atoms with Gasteiger partial charge >= 0.3 is 5.97 Å². The van der Waals surface area contributed by atoms with Gasteiger partial charge in [-0.25, -0.2) is 4.79 Å². The Hall–Kier alpha value is -2.69. The van der Waals surface area contributed by atoms with E-state index in [0.29, 0.717) is 11.1 Å². The maximum atomic E-state index is 10.8. The fraction of sp³-hybridized carbons (Fsp3) is 0. The molecule has 2 rings (SSSR count). The van der Waals surface area contributed by atoms with E-state index in [-0.39, 0.29) is 22.7 Å². The molecule has 0 fully saturated rings. The highest BCUT2D eigenvalue weighted by molar-refractivity contribution is 5.94. The quantitative estimate of drug-likeness (QED) is 0.479. The third kappa shape index (κ3) is 2.06. The summed E-state index contributed by atoms with van der Waals surface area (Å²) in [5, 5.41) is 27.5. The number of phenolic OH excluding ortho intramolecular Hbond substituents is 2. The summed E-state index contributed by atoms with van der Waals surface area (Å²) in [5.41, 5.74) is 7.10. The van der Waals surface area contributed by atoms with Gasteiger partial charge in [0.2, 0.25) is 0 Å². The molecule has 5 nitrogen and oxygen atoms in total. The Balaban J connectivity index is 2.48. The van der Waals surface area contributed by atoms with Crippen molar-refractivity contribution in [2.75, 3.05) is 5.73 Å². The van der Waals surface area contributed by atoms with Crippen molar-refractivity contribution in [3.63, 3.8) is 0 Å². The molecule has 0 spiro atoms. The molecule has 0 bridgehead atoms. The van der Waals surface area contributed by atoms with Gasteiger partial charge in [0.1, 0.15) is 0 Å². The molecule has 2 aromatic carbocycles. The maximum absolute atomic E-state index is 10.8. The number of hydrogen-bond acceptors (Lipinski definition) is 4. The van der Waals surface area contributed by atoms with E-state index in [1.807, 2.05) is 0 Å². The first-order valence-electron chi connectivity index (χ1n) is 5.14. The number of carboxylic acid groups (broad SMARTS) is 1. The van der Waals surface area contributed by atoms with E-state index in [1.165, 1.54) is 24.3 Å². The number of carboxylic acids is 1. The lowest BCUT2D eigenvalue weighted by Gasteiger charge is -2.07. The summed E-state index contributed by atoms with van der Waals surface area (Å²) in [6.07, 6.45) is 0. The average molecular weight is 245 g/mol. The molecule has 5 heteroatoms. The van der Waals surface area contributed by atoms with Crippen LogP contribution in [0.15, 0.2) is 36.4 Å². The van der Waals surface area contributed by atoms with E-state index >= 15 is 0 Å². The fourth-order valence-electron chi connectivity index (χ4n) is 1.64. The molecule has 0 heterocycles. The molecule has 0 saturated heterocycles. The molecule has 92 valence electrons. The average Bonchev–Trinajstić information content (AvgIpc) is 2.32. The minimum Gasteiger partial charge on any atom is -0.504 e. The molecule has 0 aliphatic heterocycles. The highest BCUT2D eigenvalue weighted by atomic mass is 16.4. The predicted molar refractivity (Wildman–Crippen MR) is 66.6 cm³/mol. The molecule has 18 heavy (non-hydrogen) atoms. The Morgan fingerprint density at radius 2 is 1.56 bits per heavy atom. The van der Waals surface area contributed by atoms with Gasteiger partial charge in [-0.2, -0.15) is 0 Å². The molecule has 0 amide bonds. The van der Waals surface area contributed by atoms with Crippen molar-refractivity contribution in [1.29, 1.82) is 0 Å². The van der Waals surface area contributed by atoms with Crippen LogP contribution in [0, 0.1) is 0 Å². The minimum atomic E-state index is -1.09. The summed E-state index contributed by atoms with van der Waals surface area (Å²) in [7, 11) is 0. The molecule has 0 aliphatic rings. The summed E-state index contributed by atoms with van der Waals surface area (Å²) in [4.78, 5) is 10.8. The number of rotatable bonds is 2. The van der Waals surface area contributed by atoms with Gasteiger partial charge in [0.25, 0.3) is 0 Å². The van der Waals surface area contributed by atoms with Crippen LogP contribution >= 0.6 is 0 Å². The standard InChI is InChI=1S/C13H11NO4/c14-10-5-7(1-3-9(10)13(17)18)8-2-4-11(15)12(16)6-8/h1-6,15-16H,14H2,(H,17,18). The smallest absolute Gasteiger partial charge is 0.337 e. The van der Waals surface area contributed by atoms with Gasteiger partial charge in [-0.15, -0.1) is 0 Å². The van der Waals surface area contributed by atoms with Crippen molar-refractivity contribution in [2.45, 2.75) is 0 Å². The van der Waals surface area contributed by atoms with E-state index in [0.717, 1.165) is 0 Å². The van der Waals surface area contributed by atoms with Crippen molar-refractivity contribution in [3.8, 4) is 22.6 Å². The summed E-state index contributed by atoms with van der Waals surface area (Å²) in [6.45, 7) is 0. The van der Waals surface area contributed by atoms with Crippen molar-refractivity contribution in [3.05, 3.63) is 42.0 Å². The number of aromatic carboxylic acids is 1. The number of nitrogens with two attached hydrogens (primary N) is 1. The number of anilines is 1. The highest BCUT2D eigenvalue weighted by Crippen LogP contribution is 2.31. The van der Waals surface area contributed by atoms with Crippen LogP contribution in [0.4, 0.5) is 5.69 Å². The van der Waals surface area contributed by atoms with E-state index in [1.54, 1.807) is 12.1 Å². The van der Waals surface area contributed by atoms with Gasteiger partial charge < -0.3 is 21.1 Å². The number of benzene rings is 2. The SMILES string of the molecule is Nc1cc(-c2ccc(O)c(O)c2)ccc1C(=O)O. The molecule has 0 atom stereocenters. The van der Waals surface area contributed by atoms with Gasteiger partial charge in [0.15, 0.2) is 11.5 Å². The zero-order valence-electron chi connectivity index (χ0n) is 9.29. The van der Waals surface area contributed by atoms with Crippen LogP contribution in [-0.2, 0) is 0 Å². The summed E-state index contributed by atoms with van der Waals surface area (Å²) in [5.74, 6) is -1.55. The van der Waals surface area contributed by atoms with Crippen molar-refractivity contribution < 1.29 is 20.1 Å². The largest absolute Gasteiger partial charge is 0.504 e. The van der Waals surface area contributed by atoms with Crippen LogP contribution in [0.25, 0.3) is 11.1 Å². The van der Waals surface area contributed by atoms with Crippen LogP contribution < -0.4 is 5.73 Å². The number of aromatic hydroxyl groups is 2. The van der Waals surface area contributed by atoms with Crippen LogP contribution in [-0.4, -0.2) is 21.3 Å². The Bertz CT molecular complexity index is 622. The van der Waals surface area contributed by atoms with E-state index < -0.39 is 5.97 Å². The molecule has 0 aromatic heterocycles. The number of carbonyl (C=O) groups is 1. The Labute approximate surface area is 103 Å². The molecular weight excluding hydrogens is 234 g/mol. The number of hydrogen-bond donors (Lipinski definition) is 4. The highest BCUT2D eigenvalue weighted by Gasteiger charge is 2.09. The topological polar surface area (TPSA) is 104 Å². The summed E-state index contributed by atoms with van der Waals surface area (Å²) >= 11 is 0. The second-order valence-electron chi connectivity index (χ2n) is 3.81. The third-order valence-electron chi connectivity index (χ3n) is 2.59. The lowest BCUT2D eigenvalue weighted by atomic mass is 10.0.